The van der Waals surface area contributed by atoms with Gasteiger partial charge in [0.1, 0.15) is 23.0 Å². The lowest BCUT2D eigenvalue weighted by atomic mass is 10.1. The molecule has 2 unspecified atom stereocenters. The van der Waals surface area contributed by atoms with E-state index in [-0.39, 0.29) is 5.75 Å². The molecule has 0 heterocycles. The monoisotopic (exact) mass is 688 g/mol. The van der Waals surface area contributed by atoms with Crippen LogP contribution in [0.4, 0.5) is 0 Å². The van der Waals surface area contributed by atoms with Crippen molar-refractivity contribution in [2.24, 2.45) is 0 Å². The van der Waals surface area contributed by atoms with Crippen LogP contribution in [-0.2, 0) is 19.1 Å². The second kappa shape index (κ2) is 16.3. The lowest BCUT2D eigenvalue weighted by Crippen LogP contribution is -2.22. The van der Waals surface area contributed by atoms with Gasteiger partial charge in [0.05, 0.1) is 11.1 Å². The molecule has 2 atom stereocenters. The molecule has 0 amide bonds. The molecule has 0 fully saturated rings. The highest BCUT2D eigenvalue weighted by Gasteiger charge is 2.17. The van der Waals surface area contributed by atoms with Crippen molar-refractivity contribution in [3.8, 4) is 23.0 Å². The summed E-state index contributed by atoms with van der Waals surface area (Å²) in [5, 5.41) is 3.20. The van der Waals surface area contributed by atoms with Crippen molar-refractivity contribution in [1.29, 1.82) is 0 Å². The molecule has 0 aliphatic heterocycles. The second-order valence-corrected chi connectivity index (χ2v) is 11.3. The van der Waals surface area contributed by atoms with Crippen LogP contribution in [0, 0.1) is 6.92 Å². The summed E-state index contributed by atoms with van der Waals surface area (Å²) in [5.74, 6) is -0.635. The number of hydrogen-bond acceptors (Lipinski definition) is 10. The fraction of sp³-hybridized carbons (Fsp3) is 0.171. The number of esters is 4. The van der Waals surface area contributed by atoms with Gasteiger partial charge in [-0.2, -0.15) is 0 Å². The van der Waals surface area contributed by atoms with Crippen LogP contribution in [0.1, 0.15) is 53.0 Å². The summed E-state index contributed by atoms with van der Waals surface area (Å²) in [6.07, 6.45) is 1.55. The molecule has 5 rings (SSSR count). The van der Waals surface area contributed by atoms with E-state index in [1.165, 1.54) is 0 Å². The SMILES string of the molecule is C=CC(=O)OC(CC)Oc1ccc2cc(C(=O)Oc3ccc(OC(=O)c4ccc5cc(OC(CC)OC(=O)C=C)ccc5c4)c(C)c3)ccc2c1. The Bertz CT molecular complexity index is 2130. The van der Waals surface area contributed by atoms with Gasteiger partial charge in [-0.25, -0.2) is 19.2 Å². The van der Waals surface area contributed by atoms with E-state index in [0.29, 0.717) is 46.8 Å². The summed E-state index contributed by atoms with van der Waals surface area (Å²) >= 11 is 0. The van der Waals surface area contributed by atoms with Gasteiger partial charge in [0.2, 0.25) is 12.6 Å². The first-order valence-corrected chi connectivity index (χ1v) is 16.2. The van der Waals surface area contributed by atoms with Crippen molar-refractivity contribution in [2.75, 3.05) is 0 Å². The Hall–Kier alpha value is -6.42. The summed E-state index contributed by atoms with van der Waals surface area (Å²) < 4.78 is 33.2. The molecule has 10 heteroatoms. The van der Waals surface area contributed by atoms with Gasteiger partial charge >= 0.3 is 23.9 Å². The highest BCUT2D eigenvalue weighted by atomic mass is 16.7. The van der Waals surface area contributed by atoms with Crippen molar-refractivity contribution < 1.29 is 47.6 Å². The quantitative estimate of drug-likeness (QED) is 0.0486. The molecular weight excluding hydrogens is 652 g/mol. The number of rotatable bonds is 14. The molecule has 51 heavy (non-hydrogen) atoms. The van der Waals surface area contributed by atoms with Crippen molar-refractivity contribution in [3.05, 3.63) is 133 Å². The van der Waals surface area contributed by atoms with Gasteiger partial charge in [-0.05, 0) is 101 Å². The maximum Gasteiger partial charge on any atom is 0.343 e. The lowest BCUT2D eigenvalue weighted by molar-refractivity contribution is -0.158. The summed E-state index contributed by atoms with van der Waals surface area (Å²) in [4.78, 5) is 49.2. The van der Waals surface area contributed by atoms with Crippen molar-refractivity contribution in [3.63, 3.8) is 0 Å². The Labute approximate surface area is 294 Å². The van der Waals surface area contributed by atoms with E-state index in [1.54, 1.807) is 97.9 Å². The number of carbonyl (C=O) groups excluding carboxylic acids is 4. The van der Waals surface area contributed by atoms with E-state index >= 15 is 0 Å². The third-order valence-corrected chi connectivity index (χ3v) is 7.68. The fourth-order valence-corrected chi connectivity index (χ4v) is 5.01. The van der Waals surface area contributed by atoms with Gasteiger partial charge in [-0.3, -0.25) is 0 Å². The molecule has 0 bridgehead atoms. The standard InChI is InChI=1S/C41H36O10/c1-6-36(42)50-38(8-3)46-33-16-14-26-21-30(12-10-28(26)23-33)40(44)48-32-18-19-35(25(5)20-32)49-41(45)31-13-11-29-24-34(17-15-27(29)22-31)47-39(9-4)51-37(43)7-2/h6-7,10-24,38-39H,1-2,8-9H2,3-5H3. The maximum atomic E-state index is 13.1. The van der Waals surface area contributed by atoms with Crippen LogP contribution in [0.2, 0.25) is 0 Å². The summed E-state index contributed by atoms with van der Waals surface area (Å²) in [5.41, 5.74) is 1.27. The third-order valence-electron chi connectivity index (χ3n) is 7.68. The Morgan fingerprint density at radius 3 is 1.45 bits per heavy atom. The topological polar surface area (TPSA) is 124 Å². The highest BCUT2D eigenvalue weighted by Crippen LogP contribution is 2.28. The molecule has 0 saturated carbocycles. The molecule has 0 N–H and O–H groups in total. The van der Waals surface area contributed by atoms with Crippen LogP contribution in [-0.4, -0.2) is 36.5 Å². The van der Waals surface area contributed by atoms with E-state index in [9.17, 15) is 19.2 Å². The van der Waals surface area contributed by atoms with Crippen LogP contribution in [0.15, 0.2) is 116 Å². The van der Waals surface area contributed by atoms with Gasteiger partial charge < -0.3 is 28.4 Å². The van der Waals surface area contributed by atoms with Crippen LogP contribution >= 0.6 is 0 Å². The molecule has 0 aliphatic carbocycles. The Balaban J connectivity index is 1.20. The van der Waals surface area contributed by atoms with Crippen molar-refractivity contribution in [2.45, 2.75) is 46.2 Å². The highest BCUT2D eigenvalue weighted by molar-refractivity contribution is 5.98. The zero-order chi connectivity index (χ0) is 36.5. The van der Waals surface area contributed by atoms with E-state index in [4.69, 9.17) is 28.4 Å². The average Bonchev–Trinajstić information content (AvgIpc) is 3.14. The van der Waals surface area contributed by atoms with Crippen LogP contribution in [0.5, 0.6) is 23.0 Å². The largest absolute Gasteiger partial charge is 0.455 e. The second-order valence-electron chi connectivity index (χ2n) is 11.3. The minimum atomic E-state index is -0.756. The minimum Gasteiger partial charge on any atom is -0.455 e. The lowest BCUT2D eigenvalue weighted by Gasteiger charge is -2.17. The first-order chi connectivity index (χ1) is 24.6. The summed E-state index contributed by atoms with van der Waals surface area (Å²) in [6, 6.07) is 25.6. The molecular formula is C41H36O10. The van der Waals surface area contributed by atoms with Gasteiger partial charge in [-0.15, -0.1) is 0 Å². The third kappa shape index (κ3) is 9.18. The number of fused-ring (bicyclic) bond motifs is 2. The molecule has 0 saturated heterocycles. The van der Waals surface area contributed by atoms with E-state index < -0.39 is 36.5 Å². The number of benzene rings is 5. The normalized spacial score (nSPS) is 11.9. The van der Waals surface area contributed by atoms with Crippen molar-refractivity contribution >= 4 is 45.4 Å². The van der Waals surface area contributed by atoms with E-state index in [0.717, 1.165) is 33.7 Å². The Morgan fingerprint density at radius 1 is 0.569 bits per heavy atom. The van der Waals surface area contributed by atoms with Crippen LogP contribution < -0.4 is 18.9 Å². The molecule has 5 aromatic rings. The molecule has 10 nitrogen and oxygen atoms in total. The zero-order valence-corrected chi connectivity index (χ0v) is 28.4. The van der Waals surface area contributed by atoms with Crippen LogP contribution in [0.3, 0.4) is 0 Å². The van der Waals surface area contributed by atoms with Gasteiger partial charge in [0.25, 0.3) is 0 Å². The molecule has 0 spiro atoms. The number of hydrogen-bond donors (Lipinski definition) is 0. The average molecular weight is 689 g/mol. The predicted octanol–water partition coefficient (Wildman–Crippen LogP) is 8.43. The van der Waals surface area contributed by atoms with Crippen molar-refractivity contribution in [1.82, 2.24) is 0 Å². The smallest absolute Gasteiger partial charge is 0.343 e. The molecule has 0 aromatic heterocycles. The predicted molar refractivity (Wildman–Crippen MR) is 191 cm³/mol. The maximum absolute atomic E-state index is 13.1. The Kier molecular flexibility index (Phi) is 11.5. The molecule has 0 radical (unpaired) electrons. The molecule has 260 valence electrons. The summed E-state index contributed by atoms with van der Waals surface area (Å²) in [7, 11) is 0. The zero-order valence-electron chi connectivity index (χ0n) is 28.4. The molecule has 0 aliphatic rings. The van der Waals surface area contributed by atoms with Crippen LogP contribution in [0.25, 0.3) is 21.5 Å². The fourth-order valence-electron chi connectivity index (χ4n) is 5.01. The number of aryl methyl sites for hydroxylation is 1. The van der Waals surface area contributed by atoms with Gasteiger partial charge in [-0.1, -0.05) is 51.3 Å². The summed E-state index contributed by atoms with van der Waals surface area (Å²) in [6.45, 7) is 12.2. The Morgan fingerprint density at radius 2 is 1.00 bits per heavy atom. The van der Waals surface area contributed by atoms with Gasteiger partial charge in [0.15, 0.2) is 0 Å². The first-order valence-electron chi connectivity index (χ1n) is 16.2. The van der Waals surface area contributed by atoms with E-state index in [1.807, 2.05) is 13.8 Å². The minimum absolute atomic E-state index is 0.286. The number of ether oxygens (including phenoxy) is 6. The first kappa shape index (κ1) is 35.9. The number of carbonyl (C=O) groups is 4. The van der Waals surface area contributed by atoms with Gasteiger partial charge in [0, 0.05) is 25.0 Å². The van der Waals surface area contributed by atoms with E-state index in [2.05, 4.69) is 13.2 Å². The molecule has 5 aromatic carbocycles.